The van der Waals surface area contributed by atoms with E-state index in [9.17, 15) is 14.0 Å². The second-order valence-corrected chi connectivity index (χ2v) is 5.50. The molecule has 1 fully saturated rings. The number of halogens is 2. The Morgan fingerprint density at radius 3 is 2.74 bits per heavy atom. The molecule has 0 radical (unpaired) electrons. The molecule has 102 valence electrons. The summed E-state index contributed by atoms with van der Waals surface area (Å²) < 4.78 is 13.8. The minimum Gasteiger partial charge on any atom is -0.481 e. The zero-order valence-corrected chi connectivity index (χ0v) is 11.7. The number of nitrogens with zero attached hydrogens (tertiary/aromatic N) is 1. The number of carbonyl (C=O) groups is 2. The fourth-order valence-electron chi connectivity index (χ4n) is 2.22. The zero-order chi connectivity index (χ0) is 14.0. The first kappa shape index (κ1) is 14.0. The molecule has 0 spiro atoms. The van der Waals surface area contributed by atoms with Crippen molar-refractivity contribution in [2.75, 3.05) is 13.1 Å². The summed E-state index contributed by atoms with van der Waals surface area (Å²) in [6.07, 6.45) is 1.23. The molecular formula is C13H13BrFNO3. The predicted molar refractivity (Wildman–Crippen MR) is 70.4 cm³/mol. The van der Waals surface area contributed by atoms with E-state index in [1.54, 1.807) is 0 Å². The molecule has 1 aliphatic heterocycles. The van der Waals surface area contributed by atoms with Crippen LogP contribution >= 0.6 is 15.9 Å². The molecule has 1 aliphatic rings. The molecule has 19 heavy (non-hydrogen) atoms. The second-order valence-electron chi connectivity index (χ2n) is 4.59. The van der Waals surface area contributed by atoms with Crippen LogP contribution in [0.4, 0.5) is 4.39 Å². The monoisotopic (exact) mass is 329 g/mol. The predicted octanol–water partition coefficient (Wildman–Crippen LogP) is 2.53. The summed E-state index contributed by atoms with van der Waals surface area (Å²) in [5, 5.41) is 8.99. The van der Waals surface area contributed by atoms with E-state index in [2.05, 4.69) is 15.9 Å². The van der Waals surface area contributed by atoms with Crippen LogP contribution in [0.1, 0.15) is 23.2 Å². The van der Waals surface area contributed by atoms with Gasteiger partial charge in [-0.25, -0.2) is 4.39 Å². The summed E-state index contributed by atoms with van der Waals surface area (Å²) >= 11 is 3.14. The minimum absolute atomic E-state index is 0.183. The largest absolute Gasteiger partial charge is 0.481 e. The van der Waals surface area contributed by atoms with Crippen molar-refractivity contribution >= 4 is 27.8 Å². The number of amides is 1. The summed E-state index contributed by atoms with van der Waals surface area (Å²) in [5.74, 6) is -2.25. The molecule has 0 saturated carbocycles. The van der Waals surface area contributed by atoms with Gasteiger partial charge in [0.15, 0.2) is 0 Å². The van der Waals surface area contributed by atoms with Gasteiger partial charge in [-0.3, -0.25) is 9.59 Å². The Bertz CT molecular complexity index is 500. The van der Waals surface area contributed by atoms with E-state index in [1.807, 2.05) is 0 Å². The van der Waals surface area contributed by atoms with Crippen molar-refractivity contribution in [2.24, 2.45) is 5.92 Å². The van der Waals surface area contributed by atoms with E-state index >= 15 is 0 Å². The lowest BCUT2D eigenvalue weighted by Crippen LogP contribution is -2.42. The highest BCUT2D eigenvalue weighted by Crippen LogP contribution is 2.21. The number of carboxylic acids is 1. The molecule has 1 aromatic rings. The van der Waals surface area contributed by atoms with Crippen LogP contribution in [-0.4, -0.2) is 35.0 Å². The minimum atomic E-state index is -0.891. The normalized spacial score (nSPS) is 19.3. The first-order valence-corrected chi connectivity index (χ1v) is 6.75. The van der Waals surface area contributed by atoms with Crippen molar-refractivity contribution in [3.05, 3.63) is 34.1 Å². The maximum Gasteiger partial charge on any atom is 0.308 e. The van der Waals surface area contributed by atoms with E-state index in [0.717, 1.165) is 6.07 Å². The van der Waals surface area contributed by atoms with Gasteiger partial charge in [-0.05, 0) is 31.0 Å². The third-order valence-corrected chi connectivity index (χ3v) is 3.63. The van der Waals surface area contributed by atoms with Gasteiger partial charge in [0, 0.05) is 23.1 Å². The summed E-state index contributed by atoms with van der Waals surface area (Å²) in [6, 6.07) is 3.97. The van der Waals surface area contributed by atoms with E-state index in [0.29, 0.717) is 23.9 Å². The zero-order valence-electron chi connectivity index (χ0n) is 10.1. The number of carboxylic acid groups (broad SMARTS) is 1. The van der Waals surface area contributed by atoms with Crippen LogP contribution in [0, 0.1) is 11.7 Å². The maximum atomic E-state index is 13.3. The van der Waals surface area contributed by atoms with E-state index in [4.69, 9.17) is 5.11 Å². The summed E-state index contributed by atoms with van der Waals surface area (Å²) in [5.41, 5.74) is 0.234. The topological polar surface area (TPSA) is 57.6 Å². The highest BCUT2D eigenvalue weighted by Gasteiger charge is 2.28. The molecule has 1 N–H and O–H groups in total. The second kappa shape index (κ2) is 5.69. The number of carbonyl (C=O) groups excluding carboxylic acids is 1. The van der Waals surface area contributed by atoms with Gasteiger partial charge in [-0.1, -0.05) is 15.9 Å². The first-order chi connectivity index (χ1) is 8.97. The van der Waals surface area contributed by atoms with Gasteiger partial charge in [-0.15, -0.1) is 0 Å². The van der Waals surface area contributed by atoms with Crippen molar-refractivity contribution in [3.8, 4) is 0 Å². The van der Waals surface area contributed by atoms with Crippen LogP contribution in [-0.2, 0) is 4.79 Å². The Morgan fingerprint density at radius 1 is 1.37 bits per heavy atom. The molecule has 1 saturated heterocycles. The van der Waals surface area contributed by atoms with E-state index in [1.165, 1.54) is 17.0 Å². The SMILES string of the molecule is O=C(O)[C@H]1CCCN(C(=O)c2cc(F)cc(Br)c2)C1. The van der Waals surface area contributed by atoms with Crippen molar-refractivity contribution in [1.29, 1.82) is 0 Å². The lowest BCUT2D eigenvalue weighted by Gasteiger charge is -2.30. The molecule has 0 bridgehead atoms. The summed E-state index contributed by atoms with van der Waals surface area (Å²) in [4.78, 5) is 24.7. The molecule has 0 aliphatic carbocycles. The smallest absolute Gasteiger partial charge is 0.308 e. The van der Waals surface area contributed by atoms with Crippen LogP contribution < -0.4 is 0 Å². The third-order valence-electron chi connectivity index (χ3n) is 3.17. The Labute approximate surface area is 118 Å². The molecule has 4 nitrogen and oxygen atoms in total. The highest BCUT2D eigenvalue weighted by molar-refractivity contribution is 9.10. The van der Waals surface area contributed by atoms with Gasteiger partial charge in [0.1, 0.15) is 5.82 Å². The number of aliphatic carboxylic acids is 1. The van der Waals surface area contributed by atoms with Crippen LogP contribution in [0.5, 0.6) is 0 Å². The molecule has 6 heteroatoms. The fourth-order valence-corrected chi connectivity index (χ4v) is 2.69. The van der Waals surface area contributed by atoms with E-state index in [-0.39, 0.29) is 18.0 Å². The number of hydrogen-bond donors (Lipinski definition) is 1. The standard InChI is InChI=1S/C13H13BrFNO3/c14-10-4-9(5-11(15)6-10)12(17)16-3-1-2-8(7-16)13(18)19/h4-6,8H,1-3,7H2,(H,18,19)/t8-/m0/s1. The lowest BCUT2D eigenvalue weighted by molar-refractivity contribution is -0.143. The van der Waals surface area contributed by atoms with Crippen molar-refractivity contribution in [1.82, 2.24) is 4.90 Å². The van der Waals surface area contributed by atoms with Gasteiger partial charge in [0.25, 0.3) is 5.91 Å². The Balaban J connectivity index is 2.16. The molecule has 0 unspecified atom stereocenters. The molecule has 1 heterocycles. The number of piperidine rings is 1. The van der Waals surface area contributed by atoms with Crippen LogP contribution in [0.15, 0.2) is 22.7 Å². The van der Waals surface area contributed by atoms with Gasteiger partial charge < -0.3 is 10.0 Å². The Kier molecular flexibility index (Phi) is 4.19. The molecule has 0 aromatic heterocycles. The molecule has 2 rings (SSSR count). The summed E-state index contributed by atoms with van der Waals surface area (Å²) in [6.45, 7) is 0.693. The van der Waals surface area contributed by atoms with Crippen LogP contribution in [0.2, 0.25) is 0 Å². The van der Waals surface area contributed by atoms with Gasteiger partial charge in [-0.2, -0.15) is 0 Å². The van der Waals surface area contributed by atoms with Gasteiger partial charge in [0.2, 0.25) is 0 Å². The molecular weight excluding hydrogens is 317 g/mol. The fraction of sp³-hybridized carbons (Fsp3) is 0.385. The summed E-state index contributed by atoms with van der Waals surface area (Å²) in [7, 11) is 0. The third kappa shape index (κ3) is 3.32. The van der Waals surface area contributed by atoms with Crippen LogP contribution in [0.25, 0.3) is 0 Å². The van der Waals surface area contributed by atoms with Gasteiger partial charge in [0.05, 0.1) is 5.92 Å². The van der Waals surface area contributed by atoms with Crippen molar-refractivity contribution < 1.29 is 19.1 Å². The van der Waals surface area contributed by atoms with E-state index < -0.39 is 17.7 Å². The maximum absolute atomic E-state index is 13.3. The van der Waals surface area contributed by atoms with Crippen LogP contribution in [0.3, 0.4) is 0 Å². The number of hydrogen-bond acceptors (Lipinski definition) is 2. The first-order valence-electron chi connectivity index (χ1n) is 5.95. The Hall–Kier alpha value is -1.43. The lowest BCUT2D eigenvalue weighted by atomic mass is 9.97. The quantitative estimate of drug-likeness (QED) is 0.907. The number of benzene rings is 1. The molecule has 1 amide bonds. The molecule has 1 aromatic carbocycles. The average molecular weight is 330 g/mol. The molecule has 1 atom stereocenters. The average Bonchev–Trinajstić information content (AvgIpc) is 2.37. The van der Waals surface area contributed by atoms with Crippen molar-refractivity contribution in [2.45, 2.75) is 12.8 Å². The van der Waals surface area contributed by atoms with Gasteiger partial charge >= 0.3 is 5.97 Å². The Morgan fingerprint density at radius 2 is 2.11 bits per heavy atom. The van der Waals surface area contributed by atoms with Crippen molar-refractivity contribution in [3.63, 3.8) is 0 Å². The number of rotatable bonds is 2. The number of likely N-dealkylation sites (tertiary alicyclic amines) is 1. The highest BCUT2D eigenvalue weighted by atomic mass is 79.9.